The molecule has 0 unspecified atom stereocenters. The van der Waals surface area contributed by atoms with Crippen LogP contribution in [0.2, 0.25) is 0 Å². The van der Waals surface area contributed by atoms with Crippen molar-refractivity contribution in [2.75, 3.05) is 48.3 Å². The van der Waals surface area contributed by atoms with E-state index in [1.807, 2.05) is 48.1 Å². The zero-order chi connectivity index (χ0) is 24.6. The predicted octanol–water partition coefficient (Wildman–Crippen LogP) is 4.61. The highest BCUT2D eigenvalue weighted by molar-refractivity contribution is 7.17. The zero-order valence-electron chi connectivity index (χ0n) is 20.3. The number of nitrogens with one attached hydrogen (secondary N) is 2. The molecular weight excluding hydrogens is 467 g/mol. The van der Waals surface area contributed by atoms with Crippen LogP contribution in [0.15, 0.2) is 29.6 Å². The second-order valence-corrected chi connectivity index (χ2v) is 11.0. The number of halogens is 1. The molecule has 0 atom stereocenters. The van der Waals surface area contributed by atoms with Crippen LogP contribution < -0.4 is 15.5 Å². The molecule has 1 aliphatic carbocycles. The Kier molecular flexibility index (Phi) is 6.50. The smallest absolute Gasteiger partial charge is 0.320 e. The fraction of sp³-hybridized carbons (Fsp3) is 0.480. The standard InChI is InChI=1S/C25H31FN6O2S/c1-25(2,3)34-21(33)15-31-9-11-32(12-10-31)20-7-6-17(14-18(20)26)28-24-29-19-8-13-35-22(19)23(30-24)27-16-4-5-16/h6-8,13-14,16H,4-5,9-12,15H2,1-3H3,(H2,27,28,29,30). The van der Waals surface area contributed by atoms with Gasteiger partial charge < -0.3 is 20.3 Å². The normalized spacial score (nSPS) is 17.0. The molecule has 1 saturated carbocycles. The molecule has 1 saturated heterocycles. The van der Waals surface area contributed by atoms with Gasteiger partial charge in [0.05, 0.1) is 22.4 Å². The van der Waals surface area contributed by atoms with Crippen molar-refractivity contribution in [3.63, 3.8) is 0 Å². The SMILES string of the molecule is CC(C)(C)OC(=O)CN1CCN(c2ccc(Nc3nc(NC4CC4)c4sccc4n3)cc2F)CC1. The van der Waals surface area contributed by atoms with Gasteiger partial charge >= 0.3 is 5.97 Å². The molecule has 8 nitrogen and oxygen atoms in total. The molecule has 1 aromatic carbocycles. The summed E-state index contributed by atoms with van der Waals surface area (Å²) in [6.07, 6.45) is 2.31. The molecule has 0 spiro atoms. The third kappa shape index (κ3) is 5.99. The van der Waals surface area contributed by atoms with Crippen molar-refractivity contribution in [3.05, 3.63) is 35.5 Å². The third-order valence-electron chi connectivity index (χ3n) is 5.91. The summed E-state index contributed by atoms with van der Waals surface area (Å²) in [5.74, 6) is 0.743. The Morgan fingerprint density at radius 1 is 1.17 bits per heavy atom. The monoisotopic (exact) mass is 498 g/mol. The van der Waals surface area contributed by atoms with Crippen molar-refractivity contribution in [1.29, 1.82) is 0 Å². The molecule has 2 N–H and O–H groups in total. The van der Waals surface area contributed by atoms with Crippen LogP contribution >= 0.6 is 11.3 Å². The molecule has 3 heterocycles. The lowest BCUT2D eigenvalue weighted by atomic mass is 10.2. The fourth-order valence-electron chi connectivity index (χ4n) is 4.11. The third-order valence-corrected chi connectivity index (χ3v) is 6.82. The van der Waals surface area contributed by atoms with Crippen molar-refractivity contribution in [3.8, 4) is 0 Å². The predicted molar refractivity (Wildman–Crippen MR) is 138 cm³/mol. The molecule has 2 aliphatic rings. The van der Waals surface area contributed by atoms with Gasteiger partial charge in [-0.1, -0.05) is 0 Å². The van der Waals surface area contributed by atoms with Gasteiger partial charge in [-0.05, 0) is 63.3 Å². The van der Waals surface area contributed by atoms with Gasteiger partial charge in [-0.25, -0.2) is 9.37 Å². The van der Waals surface area contributed by atoms with Crippen LogP contribution in [0.25, 0.3) is 10.2 Å². The Hall–Kier alpha value is -2.98. The Morgan fingerprint density at radius 3 is 2.63 bits per heavy atom. The number of carbonyl (C=O) groups is 1. The van der Waals surface area contributed by atoms with Crippen LogP contribution in [0.4, 0.5) is 27.5 Å². The minimum absolute atomic E-state index is 0.231. The van der Waals surface area contributed by atoms with Crippen LogP contribution in [-0.2, 0) is 9.53 Å². The van der Waals surface area contributed by atoms with Gasteiger partial charge in [0.15, 0.2) is 0 Å². The van der Waals surface area contributed by atoms with Gasteiger partial charge in [-0.3, -0.25) is 9.69 Å². The first-order valence-electron chi connectivity index (χ1n) is 12.0. The van der Waals surface area contributed by atoms with Crippen LogP contribution in [0.5, 0.6) is 0 Å². The summed E-state index contributed by atoms with van der Waals surface area (Å²) in [5, 5.41) is 8.63. The van der Waals surface area contributed by atoms with Crippen molar-refractivity contribution in [2.24, 2.45) is 0 Å². The highest BCUT2D eigenvalue weighted by Gasteiger charge is 2.25. The lowest BCUT2D eigenvalue weighted by Gasteiger charge is -2.36. The molecule has 1 aliphatic heterocycles. The number of carbonyl (C=O) groups excluding carboxylic acids is 1. The van der Waals surface area contributed by atoms with E-state index in [4.69, 9.17) is 4.74 Å². The molecule has 35 heavy (non-hydrogen) atoms. The highest BCUT2D eigenvalue weighted by Crippen LogP contribution is 2.33. The van der Waals surface area contributed by atoms with Crippen molar-refractivity contribution in [2.45, 2.75) is 45.3 Å². The van der Waals surface area contributed by atoms with Gasteiger partial charge in [0.25, 0.3) is 0 Å². The Balaban J connectivity index is 1.22. The maximum atomic E-state index is 15.1. The Bertz CT molecular complexity index is 1210. The summed E-state index contributed by atoms with van der Waals surface area (Å²) in [7, 11) is 0. The quantitative estimate of drug-likeness (QED) is 0.457. The number of benzene rings is 1. The average molecular weight is 499 g/mol. The first kappa shape index (κ1) is 23.7. The summed E-state index contributed by atoms with van der Waals surface area (Å²) in [6, 6.07) is 7.56. The van der Waals surface area contributed by atoms with Gasteiger partial charge in [-0.2, -0.15) is 4.98 Å². The highest BCUT2D eigenvalue weighted by atomic mass is 32.1. The summed E-state index contributed by atoms with van der Waals surface area (Å²) in [6.45, 7) is 8.46. The average Bonchev–Trinajstić information content (AvgIpc) is 3.46. The first-order chi connectivity index (χ1) is 16.7. The minimum atomic E-state index is -0.492. The van der Waals surface area contributed by atoms with Gasteiger partial charge in [0, 0.05) is 37.9 Å². The summed E-state index contributed by atoms with van der Waals surface area (Å²) in [4.78, 5) is 25.4. The van der Waals surface area contributed by atoms with E-state index >= 15 is 4.39 Å². The number of piperazine rings is 1. The number of ether oxygens (including phenoxy) is 1. The van der Waals surface area contributed by atoms with Gasteiger partial charge in [0.1, 0.15) is 17.2 Å². The molecule has 0 radical (unpaired) electrons. The van der Waals surface area contributed by atoms with E-state index in [1.54, 1.807) is 17.4 Å². The second kappa shape index (κ2) is 9.58. The number of esters is 1. The lowest BCUT2D eigenvalue weighted by molar-refractivity contribution is -0.156. The van der Waals surface area contributed by atoms with Gasteiger partial charge in [-0.15, -0.1) is 11.3 Å². The lowest BCUT2D eigenvalue weighted by Crippen LogP contribution is -2.48. The number of thiophene rings is 1. The largest absolute Gasteiger partial charge is 0.459 e. The van der Waals surface area contributed by atoms with Gasteiger partial charge in [0.2, 0.25) is 5.95 Å². The molecular formula is C25H31FN6O2S. The summed E-state index contributed by atoms with van der Waals surface area (Å²) >= 11 is 1.61. The maximum Gasteiger partial charge on any atom is 0.320 e. The number of aromatic nitrogens is 2. The van der Waals surface area contributed by atoms with Crippen molar-refractivity contribution >= 4 is 50.7 Å². The van der Waals surface area contributed by atoms with E-state index < -0.39 is 5.60 Å². The topological polar surface area (TPSA) is 82.6 Å². The minimum Gasteiger partial charge on any atom is -0.459 e. The number of fused-ring (bicyclic) bond motifs is 1. The molecule has 2 aromatic heterocycles. The molecule has 5 rings (SSSR count). The maximum absolute atomic E-state index is 15.1. The van der Waals surface area contributed by atoms with E-state index in [-0.39, 0.29) is 18.3 Å². The molecule has 186 valence electrons. The first-order valence-corrected chi connectivity index (χ1v) is 12.9. The van der Waals surface area contributed by atoms with Crippen LogP contribution in [0.1, 0.15) is 33.6 Å². The summed E-state index contributed by atoms with van der Waals surface area (Å²) < 4.78 is 21.5. The Morgan fingerprint density at radius 2 is 1.94 bits per heavy atom. The summed E-state index contributed by atoms with van der Waals surface area (Å²) in [5.41, 5.74) is 1.53. The second-order valence-electron chi connectivity index (χ2n) is 10.1. The van der Waals surface area contributed by atoms with E-state index in [9.17, 15) is 4.79 Å². The number of hydrogen-bond donors (Lipinski definition) is 2. The van der Waals surface area contributed by atoms with E-state index in [1.165, 1.54) is 6.07 Å². The number of hydrogen-bond acceptors (Lipinski definition) is 9. The van der Waals surface area contributed by atoms with Crippen LogP contribution in [0.3, 0.4) is 0 Å². The number of rotatable bonds is 7. The molecule has 0 amide bonds. The molecule has 0 bridgehead atoms. The zero-order valence-corrected chi connectivity index (χ0v) is 21.1. The fourth-order valence-corrected chi connectivity index (χ4v) is 4.90. The molecule has 2 fully saturated rings. The molecule has 3 aromatic rings. The van der Waals surface area contributed by atoms with E-state index in [2.05, 4.69) is 20.6 Å². The van der Waals surface area contributed by atoms with Crippen LogP contribution in [0, 0.1) is 5.82 Å². The van der Waals surface area contributed by atoms with E-state index in [0.29, 0.717) is 49.5 Å². The number of nitrogens with zero attached hydrogens (tertiary/aromatic N) is 4. The number of anilines is 4. The van der Waals surface area contributed by atoms with Crippen molar-refractivity contribution in [1.82, 2.24) is 14.9 Å². The molecule has 10 heteroatoms. The van der Waals surface area contributed by atoms with E-state index in [0.717, 1.165) is 28.9 Å². The van der Waals surface area contributed by atoms with Crippen molar-refractivity contribution < 1.29 is 13.9 Å². The van der Waals surface area contributed by atoms with Crippen LogP contribution in [-0.4, -0.2) is 65.2 Å². The Labute approximate surface area is 208 Å².